The highest BCUT2D eigenvalue weighted by molar-refractivity contribution is 4.61. The molecule has 0 heterocycles. The van der Waals surface area contributed by atoms with Crippen molar-refractivity contribution in [2.75, 3.05) is 0 Å². The lowest BCUT2D eigenvalue weighted by Gasteiger charge is -2.16. The second-order valence-electron chi connectivity index (χ2n) is 12.4. The predicted molar refractivity (Wildman–Crippen MR) is 159 cm³/mol. The summed E-state index contributed by atoms with van der Waals surface area (Å²) in [5.41, 5.74) is 0. The Morgan fingerprint density at radius 2 is 0.471 bits per heavy atom. The maximum Gasteiger partial charge on any atom is -0.0443 e. The third-order valence-electron chi connectivity index (χ3n) is 8.39. The maximum atomic E-state index is 2.51. The highest BCUT2D eigenvalue weighted by Gasteiger charge is 2.08. The fourth-order valence-corrected chi connectivity index (χ4v) is 5.67. The first-order chi connectivity index (χ1) is 16.6. The highest BCUT2D eigenvalue weighted by atomic mass is 14.1. The zero-order valence-corrected chi connectivity index (χ0v) is 25.1. The number of hydrogen-bond donors (Lipinski definition) is 0. The number of hydrogen-bond acceptors (Lipinski definition) is 0. The Balaban J connectivity index is 3.34. The van der Waals surface area contributed by atoms with E-state index in [0.29, 0.717) is 0 Å². The summed E-state index contributed by atoms with van der Waals surface area (Å²) in [4.78, 5) is 0. The largest absolute Gasteiger partial charge is 0.0654 e. The molecule has 0 aliphatic heterocycles. The Bertz CT molecular complexity index is 359. The molecule has 0 aromatic heterocycles. The normalized spacial score (nSPS) is 14.4. The van der Waals surface area contributed by atoms with E-state index >= 15 is 0 Å². The Morgan fingerprint density at radius 1 is 0.265 bits per heavy atom. The zero-order chi connectivity index (χ0) is 25.1. The first kappa shape index (κ1) is 34.0. The van der Waals surface area contributed by atoms with Crippen molar-refractivity contribution in [1.29, 1.82) is 0 Å². The highest BCUT2D eigenvalue weighted by Crippen LogP contribution is 2.23. The van der Waals surface area contributed by atoms with Gasteiger partial charge in [-0.25, -0.2) is 0 Å². The summed E-state index contributed by atoms with van der Waals surface area (Å²) in [5, 5.41) is 0. The van der Waals surface area contributed by atoms with Crippen molar-refractivity contribution in [2.24, 2.45) is 17.8 Å². The summed E-state index contributed by atoms with van der Waals surface area (Å²) in [5.74, 6) is 2.85. The summed E-state index contributed by atoms with van der Waals surface area (Å²) < 4.78 is 0. The van der Waals surface area contributed by atoms with Crippen LogP contribution in [-0.2, 0) is 0 Å². The van der Waals surface area contributed by atoms with E-state index in [1.807, 2.05) is 0 Å². The lowest BCUT2D eigenvalue weighted by molar-refractivity contribution is 0.374. The van der Waals surface area contributed by atoms with E-state index < -0.39 is 0 Å². The Morgan fingerprint density at radius 3 is 0.765 bits per heavy atom. The standard InChI is InChI=1S/C34H70/c1-6-8-10-12-13-14-15-16-17-18-19-20-21-23-27-33(4)29-25-31-34(5)30-24-28-32(3)26-22-11-9-7-2/h32-34H,6-31H2,1-5H3. The third kappa shape index (κ3) is 26.6. The quantitative estimate of drug-likeness (QED) is 0.0980. The molecule has 0 heteroatoms. The topological polar surface area (TPSA) is 0 Å². The molecule has 3 atom stereocenters. The van der Waals surface area contributed by atoms with Crippen LogP contribution < -0.4 is 0 Å². The predicted octanol–water partition coefficient (Wildman–Crippen LogP) is 13.1. The average molecular weight is 479 g/mol. The van der Waals surface area contributed by atoms with Gasteiger partial charge in [0.25, 0.3) is 0 Å². The van der Waals surface area contributed by atoms with Crippen LogP contribution in [0.5, 0.6) is 0 Å². The van der Waals surface area contributed by atoms with Crippen molar-refractivity contribution in [3.8, 4) is 0 Å². The van der Waals surface area contributed by atoms with Crippen LogP contribution >= 0.6 is 0 Å². The SMILES string of the molecule is CCCCCCCCCCCCCCCCC(C)CCCC(C)CCCC(C)CCCCCC. The molecule has 0 aliphatic carbocycles. The van der Waals surface area contributed by atoms with E-state index in [1.54, 1.807) is 0 Å². The Kier molecular flexibility index (Phi) is 27.6. The first-order valence-corrected chi connectivity index (χ1v) is 16.6. The van der Waals surface area contributed by atoms with Gasteiger partial charge in [-0.2, -0.15) is 0 Å². The van der Waals surface area contributed by atoms with Crippen molar-refractivity contribution >= 4 is 0 Å². The molecule has 0 saturated heterocycles. The van der Waals surface area contributed by atoms with Crippen LogP contribution in [0.15, 0.2) is 0 Å². The van der Waals surface area contributed by atoms with Gasteiger partial charge in [0, 0.05) is 0 Å². The van der Waals surface area contributed by atoms with Crippen LogP contribution in [0, 0.1) is 17.8 Å². The van der Waals surface area contributed by atoms with Crippen LogP contribution in [-0.4, -0.2) is 0 Å². The molecule has 3 unspecified atom stereocenters. The van der Waals surface area contributed by atoms with Gasteiger partial charge in [-0.05, 0) is 17.8 Å². The van der Waals surface area contributed by atoms with E-state index in [0.717, 1.165) is 17.8 Å². The summed E-state index contributed by atoms with van der Waals surface area (Å²) in [6, 6.07) is 0. The Hall–Kier alpha value is 0. The molecule has 0 N–H and O–H groups in total. The van der Waals surface area contributed by atoms with Crippen molar-refractivity contribution in [3.63, 3.8) is 0 Å². The molecule has 0 rings (SSSR count). The summed E-state index contributed by atoms with van der Waals surface area (Å²) in [7, 11) is 0. The van der Waals surface area contributed by atoms with Gasteiger partial charge >= 0.3 is 0 Å². The van der Waals surface area contributed by atoms with Gasteiger partial charge in [0.1, 0.15) is 0 Å². The molecule has 0 aliphatic rings. The maximum absolute atomic E-state index is 2.51. The zero-order valence-electron chi connectivity index (χ0n) is 25.1. The minimum absolute atomic E-state index is 0.945. The molecule has 0 radical (unpaired) electrons. The molecular weight excluding hydrogens is 408 g/mol. The monoisotopic (exact) mass is 479 g/mol. The van der Waals surface area contributed by atoms with E-state index in [9.17, 15) is 0 Å². The molecule has 0 aromatic rings. The average Bonchev–Trinajstić information content (AvgIpc) is 2.82. The molecule has 0 nitrogen and oxygen atoms in total. The van der Waals surface area contributed by atoms with Crippen LogP contribution in [0.2, 0.25) is 0 Å². The van der Waals surface area contributed by atoms with Gasteiger partial charge in [0.2, 0.25) is 0 Å². The van der Waals surface area contributed by atoms with Crippen molar-refractivity contribution in [1.82, 2.24) is 0 Å². The van der Waals surface area contributed by atoms with Gasteiger partial charge in [-0.15, -0.1) is 0 Å². The second-order valence-corrected chi connectivity index (χ2v) is 12.4. The Labute approximate surface area is 219 Å². The fraction of sp³-hybridized carbons (Fsp3) is 1.00. The molecule has 0 spiro atoms. The van der Waals surface area contributed by atoms with Crippen LogP contribution in [0.4, 0.5) is 0 Å². The lowest BCUT2D eigenvalue weighted by atomic mass is 9.90. The minimum atomic E-state index is 0.945. The van der Waals surface area contributed by atoms with E-state index in [-0.39, 0.29) is 0 Å². The van der Waals surface area contributed by atoms with Crippen molar-refractivity contribution in [2.45, 2.75) is 202 Å². The van der Waals surface area contributed by atoms with Gasteiger partial charge in [0.05, 0.1) is 0 Å². The van der Waals surface area contributed by atoms with Crippen molar-refractivity contribution < 1.29 is 0 Å². The smallest absolute Gasteiger partial charge is 0.0443 e. The fourth-order valence-electron chi connectivity index (χ4n) is 5.67. The van der Waals surface area contributed by atoms with Gasteiger partial charge in [-0.1, -0.05) is 202 Å². The number of rotatable bonds is 28. The summed E-state index contributed by atoms with van der Waals surface area (Å²) in [6.07, 6.45) is 38.0. The molecule has 0 amide bonds. The van der Waals surface area contributed by atoms with Crippen LogP contribution in [0.25, 0.3) is 0 Å². The molecule has 206 valence electrons. The van der Waals surface area contributed by atoms with E-state index in [1.165, 1.54) is 167 Å². The van der Waals surface area contributed by atoms with Crippen molar-refractivity contribution in [3.05, 3.63) is 0 Å². The summed E-state index contributed by atoms with van der Waals surface area (Å²) >= 11 is 0. The molecule has 0 saturated carbocycles. The number of unbranched alkanes of at least 4 members (excludes halogenated alkanes) is 16. The van der Waals surface area contributed by atoms with Crippen LogP contribution in [0.1, 0.15) is 202 Å². The lowest BCUT2D eigenvalue weighted by Crippen LogP contribution is -2.01. The van der Waals surface area contributed by atoms with Gasteiger partial charge < -0.3 is 0 Å². The second kappa shape index (κ2) is 27.6. The molecule has 34 heavy (non-hydrogen) atoms. The molecular formula is C34H70. The van der Waals surface area contributed by atoms with E-state index in [2.05, 4.69) is 34.6 Å². The van der Waals surface area contributed by atoms with Gasteiger partial charge in [-0.3, -0.25) is 0 Å². The molecule has 0 bridgehead atoms. The van der Waals surface area contributed by atoms with Gasteiger partial charge in [0.15, 0.2) is 0 Å². The van der Waals surface area contributed by atoms with Crippen LogP contribution in [0.3, 0.4) is 0 Å². The minimum Gasteiger partial charge on any atom is -0.0654 e. The first-order valence-electron chi connectivity index (χ1n) is 16.6. The molecule has 0 aromatic carbocycles. The summed E-state index contributed by atoms with van der Waals surface area (Å²) in [6.45, 7) is 12.1. The molecule has 0 fully saturated rings. The van der Waals surface area contributed by atoms with E-state index in [4.69, 9.17) is 0 Å². The third-order valence-corrected chi connectivity index (χ3v) is 8.39.